The molecule has 26 heavy (non-hydrogen) atoms. The SMILES string of the molecule is CCCC(C)C1CC[C@H]2[C@@H]3C(C)CC4NC(=O)C=C[C@]4(C)[C@@H]3CC[C@]12C. The van der Waals surface area contributed by atoms with Gasteiger partial charge in [-0.2, -0.15) is 0 Å². The lowest BCUT2D eigenvalue weighted by Gasteiger charge is -2.61. The lowest BCUT2D eigenvalue weighted by Crippen LogP contribution is -2.61. The first kappa shape index (κ1) is 18.6. The highest BCUT2D eigenvalue weighted by Gasteiger charge is 2.61. The summed E-state index contributed by atoms with van der Waals surface area (Å²) in [5, 5.41) is 3.31. The van der Waals surface area contributed by atoms with E-state index in [4.69, 9.17) is 0 Å². The Morgan fingerprint density at radius 1 is 1.23 bits per heavy atom. The van der Waals surface area contributed by atoms with E-state index in [2.05, 4.69) is 46.0 Å². The first-order valence-corrected chi connectivity index (χ1v) is 11.3. The van der Waals surface area contributed by atoms with Gasteiger partial charge in [-0.15, -0.1) is 0 Å². The first-order chi connectivity index (χ1) is 12.3. The van der Waals surface area contributed by atoms with E-state index in [0.717, 1.165) is 41.9 Å². The monoisotopic (exact) mass is 357 g/mol. The summed E-state index contributed by atoms with van der Waals surface area (Å²) in [6.07, 6.45) is 13.6. The number of hydrogen-bond donors (Lipinski definition) is 1. The van der Waals surface area contributed by atoms with Crippen molar-refractivity contribution in [3.05, 3.63) is 12.2 Å². The summed E-state index contributed by atoms with van der Waals surface area (Å²) < 4.78 is 0. The number of carbonyl (C=O) groups excluding carboxylic acids is 1. The van der Waals surface area contributed by atoms with Crippen LogP contribution in [-0.4, -0.2) is 11.9 Å². The molecule has 1 amide bonds. The van der Waals surface area contributed by atoms with Crippen molar-refractivity contribution in [2.75, 3.05) is 0 Å². The summed E-state index contributed by atoms with van der Waals surface area (Å²) in [6, 6.07) is 0.344. The van der Waals surface area contributed by atoms with Gasteiger partial charge in [-0.1, -0.05) is 53.5 Å². The normalized spacial score (nSPS) is 51.2. The van der Waals surface area contributed by atoms with Crippen LogP contribution in [0.2, 0.25) is 0 Å². The largest absolute Gasteiger partial charge is 0.349 e. The molecule has 1 N–H and O–H groups in total. The van der Waals surface area contributed by atoms with Crippen LogP contribution in [0.3, 0.4) is 0 Å². The molecule has 0 bridgehead atoms. The third-order valence-corrected chi connectivity index (χ3v) is 9.56. The third kappa shape index (κ3) is 2.53. The van der Waals surface area contributed by atoms with Crippen molar-refractivity contribution < 1.29 is 4.79 Å². The molecule has 0 radical (unpaired) electrons. The molecule has 146 valence electrons. The lowest BCUT2D eigenvalue weighted by molar-refractivity contribution is -0.126. The molecule has 0 aromatic heterocycles. The maximum Gasteiger partial charge on any atom is 0.243 e. The Labute approximate surface area is 160 Å². The quantitative estimate of drug-likeness (QED) is 0.701. The zero-order valence-electron chi connectivity index (χ0n) is 17.6. The molecule has 2 heteroatoms. The molecule has 3 fully saturated rings. The van der Waals surface area contributed by atoms with Crippen LogP contribution < -0.4 is 5.32 Å². The van der Waals surface area contributed by atoms with Gasteiger partial charge in [0.1, 0.15) is 0 Å². The van der Waals surface area contributed by atoms with Gasteiger partial charge in [-0.3, -0.25) is 4.79 Å². The van der Waals surface area contributed by atoms with Crippen molar-refractivity contribution >= 4 is 5.91 Å². The van der Waals surface area contributed by atoms with E-state index >= 15 is 0 Å². The number of rotatable bonds is 3. The zero-order chi connectivity index (χ0) is 18.7. The van der Waals surface area contributed by atoms with E-state index in [0.29, 0.717) is 11.5 Å². The van der Waals surface area contributed by atoms with Crippen LogP contribution in [0.25, 0.3) is 0 Å². The molecular formula is C24H39NO. The molecule has 2 nitrogen and oxygen atoms in total. The van der Waals surface area contributed by atoms with Crippen molar-refractivity contribution in [2.24, 2.45) is 46.3 Å². The number of amides is 1. The fourth-order valence-corrected chi connectivity index (χ4v) is 8.32. The van der Waals surface area contributed by atoms with Gasteiger partial charge in [0, 0.05) is 11.5 Å². The Morgan fingerprint density at radius 2 is 2.00 bits per heavy atom. The summed E-state index contributed by atoms with van der Waals surface area (Å²) in [4.78, 5) is 11.9. The molecule has 4 unspecified atom stereocenters. The second-order valence-corrected chi connectivity index (χ2v) is 10.8. The number of fused-ring (bicyclic) bond motifs is 5. The van der Waals surface area contributed by atoms with Crippen molar-refractivity contribution in [1.82, 2.24) is 5.32 Å². The number of carbonyl (C=O) groups is 1. The van der Waals surface area contributed by atoms with Crippen LogP contribution in [0, 0.1) is 46.3 Å². The van der Waals surface area contributed by atoms with E-state index in [-0.39, 0.29) is 11.3 Å². The van der Waals surface area contributed by atoms with Gasteiger partial charge in [0.2, 0.25) is 5.91 Å². The topological polar surface area (TPSA) is 29.1 Å². The highest BCUT2D eigenvalue weighted by Crippen LogP contribution is 2.67. The predicted molar refractivity (Wildman–Crippen MR) is 108 cm³/mol. The van der Waals surface area contributed by atoms with E-state index in [1.54, 1.807) is 0 Å². The molecule has 9 atom stereocenters. The minimum Gasteiger partial charge on any atom is -0.349 e. The molecule has 3 aliphatic carbocycles. The Balaban J connectivity index is 1.64. The van der Waals surface area contributed by atoms with Crippen molar-refractivity contribution in [3.8, 4) is 0 Å². The maximum absolute atomic E-state index is 11.9. The van der Waals surface area contributed by atoms with Crippen molar-refractivity contribution in [1.29, 1.82) is 0 Å². The van der Waals surface area contributed by atoms with Crippen molar-refractivity contribution in [3.63, 3.8) is 0 Å². The van der Waals surface area contributed by atoms with Crippen LogP contribution in [0.5, 0.6) is 0 Å². The standard InChI is InChI=1S/C24H39NO/c1-6-7-15(2)17-8-9-18-22-16(3)14-20-24(5,13-11-21(26)25-20)19(22)10-12-23(17,18)4/h11,13,15-20,22H,6-10,12,14H2,1-5H3,(H,25,26)/t15?,16?,17?,18-,19+,20?,22-,23+,24+/m0/s1. The van der Waals surface area contributed by atoms with Crippen LogP contribution in [0.4, 0.5) is 0 Å². The molecule has 1 heterocycles. The van der Waals surface area contributed by atoms with Gasteiger partial charge in [0.05, 0.1) is 0 Å². The molecule has 4 rings (SSSR count). The Bertz CT molecular complexity index is 597. The third-order valence-electron chi connectivity index (χ3n) is 9.56. The van der Waals surface area contributed by atoms with Gasteiger partial charge in [0.15, 0.2) is 0 Å². The highest BCUT2D eigenvalue weighted by atomic mass is 16.1. The van der Waals surface area contributed by atoms with Gasteiger partial charge in [-0.25, -0.2) is 0 Å². The van der Waals surface area contributed by atoms with Gasteiger partial charge in [0.25, 0.3) is 0 Å². The van der Waals surface area contributed by atoms with E-state index < -0.39 is 0 Å². The van der Waals surface area contributed by atoms with E-state index in [1.807, 2.05) is 6.08 Å². The fraction of sp³-hybridized carbons (Fsp3) is 0.875. The minimum atomic E-state index is 0.119. The van der Waals surface area contributed by atoms with Crippen LogP contribution >= 0.6 is 0 Å². The summed E-state index contributed by atoms with van der Waals surface area (Å²) in [7, 11) is 0. The summed E-state index contributed by atoms with van der Waals surface area (Å²) in [5.74, 6) is 5.13. The Kier molecular flexibility index (Phi) is 4.56. The Morgan fingerprint density at radius 3 is 2.73 bits per heavy atom. The Hall–Kier alpha value is -0.790. The number of nitrogens with one attached hydrogen (secondary N) is 1. The van der Waals surface area contributed by atoms with Gasteiger partial charge >= 0.3 is 0 Å². The summed E-state index contributed by atoms with van der Waals surface area (Å²) in [5.41, 5.74) is 0.717. The van der Waals surface area contributed by atoms with Crippen LogP contribution in [0.1, 0.15) is 79.6 Å². The summed E-state index contributed by atoms with van der Waals surface area (Å²) >= 11 is 0. The number of hydrogen-bond acceptors (Lipinski definition) is 1. The molecule has 0 spiro atoms. The molecule has 3 saturated carbocycles. The molecule has 0 aromatic carbocycles. The maximum atomic E-state index is 11.9. The molecule has 4 aliphatic rings. The lowest BCUT2D eigenvalue weighted by atomic mass is 9.45. The van der Waals surface area contributed by atoms with E-state index in [1.165, 1.54) is 38.5 Å². The molecular weight excluding hydrogens is 318 g/mol. The second kappa shape index (κ2) is 6.38. The van der Waals surface area contributed by atoms with Crippen LogP contribution in [0.15, 0.2) is 12.2 Å². The predicted octanol–water partition coefficient (Wildman–Crippen LogP) is 5.58. The molecule has 1 aliphatic heterocycles. The highest BCUT2D eigenvalue weighted by molar-refractivity contribution is 5.89. The second-order valence-electron chi connectivity index (χ2n) is 10.8. The zero-order valence-corrected chi connectivity index (χ0v) is 17.6. The average Bonchev–Trinajstić information content (AvgIpc) is 2.94. The van der Waals surface area contributed by atoms with Crippen LogP contribution in [-0.2, 0) is 4.79 Å². The van der Waals surface area contributed by atoms with Gasteiger partial charge in [-0.05, 0) is 79.1 Å². The van der Waals surface area contributed by atoms with Gasteiger partial charge < -0.3 is 5.32 Å². The van der Waals surface area contributed by atoms with Crippen molar-refractivity contribution in [2.45, 2.75) is 85.6 Å². The summed E-state index contributed by atoms with van der Waals surface area (Å²) in [6.45, 7) is 12.4. The molecule has 0 saturated heterocycles. The van der Waals surface area contributed by atoms with E-state index in [9.17, 15) is 4.79 Å². The fourth-order valence-electron chi connectivity index (χ4n) is 8.32. The molecule has 0 aromatic rings. The average molecular weight is 358 g/mol. The first-order valence-electron chi connectivity index (χ1n) is 11.3. The smallest absolute Gasteiger partial charge is 0.243 e. The minimum absolute atomic E-state index is 0.119.